The van der Waals surface area contributed by atoms with Crippen LogP contribution in [0.2, 0.25) is 23.2 Å². The molecule has 10 unspecified atom stereocenters. The van der Waals surface area contributed by atoms with E-state index in [1.807, 2.05) is 0 Å². The van der Waals surface area contributed by atoms with Crippen LogP contribution in [0.25, 0.3) is 0 Å². The van der Waals surface area contributed by atoms with Gasteiger partial charge in [-0.2, -0.15) is 0 Å². The van der Waals surface area contributed by atoms with Crippen LogP contribution in [0.3, 0.4) is 0 Å². The number of halogens is 2. The first-order valence-corrected chi connectivity index (χ1v) is 29.7. The van der Waals surface area contributed by atoms with Crippen LogP contribution >= 0.6 is 17.0 Å². The summed E-state index contributed by atoms with van der Waals surface area (Å²) in [5.41, 5.74) is 8.81. The average molecular weight is 845 g/mol. The summed E-state index contributed by atoms with van der Waals surface area (Å²) in [6, 6.07) is 23.1. The number of rotatable bonds is 7. The van der Waals surface area contributed by atoms with Crippen molar-refractivity contribution in [2.75, 3.05) is 0 Å². The van der Waals surface area contributed by atoms with Gasteiger partial charge in [-0.1, -0.05) is 162 Å². The summed E-state index contributed by atoms with van der Waals surface area (Å²) >= 11 is -0.826. The molecule has 0 aromatic heterocycles. The van der Waals surface area contributed by atoms with Crippen molar-refractivity contribution in [3.8, 4) is 0 Å². The summed E-state index contributed by atoms with van der Waals surface area (Å²) < 4.78 is 0. The minimum absolute atomic E-state index is 0. The van der Waals surface area contributed by atoms with Gasteiger partial charge in [0.15, 0.2) is 0 Å². The van der Waals surface area contributed by atoms with Crippen LogP contribution in [0.5, 0.6) is 0 Å². The zero-order valence-corrected chi connectivity index (χ0v) is 40.8. The maximum atomic E-state index is 4.93. The van der Waals surface area contributed by atoms with Crippen LogP contribution in [0, 0.1) is 56.3 Å². The topological polar surface area (TPSA) is 0 Å². The van der Waals surface area contributed by atoms with E-state index in [1.165, 1.54) is 74.6 Å². The third-order valence-corrected chi connectivity index (χ3v) is 22.5. The van der Waals surface area contributed by atoms with Crippen molar-refractivity contribution in [3.05, 3.63) is 85.6 Å². The second-order valence-electron chi connectivity index (χ2n) is 19.9. The van der Waals surface area contributed by atoms with Gasteiger partial charge in [-0.25, -0.2) is 0 Å². The Bertz CT molecular complexity index is 1350. The predicted molar refractivity (Wildman–Crippen MR) is 233 cm³/mol. The molecule has 0 N–H and O–H groups in total. The molecule has 4 fully saturated rings. The van der Waals surface area contributed by atoms with E-state index in [4.69, 9.17) is 17.0 Å². The minimum atomic E-state index is -1.61. The molecule has 0 aliphatic heterocycles. The van der Waals surface area contributed by atoms with Crippen LogP contribution in [-0.4, -0.2) is 8.07 Å². The van der Waals surface area contributed by atoms with Crippen molar-refractivity contribution in [1.29, 1.82) is 0 Å². The molecule has 4 aliphatic rings. The summed E-state index contributed by atoms with van der Waals surface area (Å²) in [6.07, 6.45) is 11.8. The van der Waals surface area contributed by atoms with Gasteiger partial charge >= 0.3 is 37.9 Å². The van der Waals surface area contributed by atoms with Crippen LogP contribution in [-0.2, 0) is 31.7 Å². The van der Waals surface area contributed by atoms with Gasteiger partial charge in [0, 0.05) is 0 Å². The molecule has 0 bridgehead atoms. The molecule has 4 aliphatic carbocycles. The van der Waals surface area contributed by atoms with Gasteiger partial charge in [-0.15, -0.1) is 0 Å². The van der Waals surface area contributed by atoms with E-state index >= 15 is 0 Å². The van der Waals surface area contributed by atoms with E-state index in [2.05, 4.69) is 125 Å². The quantitative estimate of drug-likeness (QED) is 0.192. The Kier molecular flexibility index (Phi) is 17.0. The Labute approximate surface area is 343 Å². The molecule has 0 nitrogen and oxygen atoms in total. The average Bonchev–Trinajstić information content (AvgIpc) is 3.64. The molecule has 0 saturated heterocycles. The first kappa shape index (κ1) is 46.5. The van der Waals surface area contributed by atoms with Gasteiger partial charge < -0.3 is 14.9 Å². The number of fused-ring (bicyclic) bond motifs is 2. The predicted octanol–water partition coefficient (Wildman–Crippen LogP) is 16.2. The second-order valence-corrected chi connectivity index (χ2v) is 28.8. The third kappa shape index (κ3) is 9.29. The van der Waals surface area contributed by atoms with Crippen LogP contribution in [0.4, 0.5) is 0 Å². The van der Waals surface area contributed by atoms with Crippen LogP contribution in [0.15, 0.2) is 48.5 Å². The molecule has 6 rings (SSSR count). The summed E-state index contributed by atoms with van der Waals surface area (Å²) in [7, 11) is 8.26. The molecule has 52 heavy (non-hydrogen) atoms. The monoisotopic (exact) mass is 842 g/mol. The molecule has 292 valence electrons. The fraction of sp³-hybridized carbons (Fsp3) is 0.708. The number of benzene rings is 2. The van der Waals surface area contributed by atoms with Gasteiger partial charge in [0.25, 0.3) is 0 Å². The molecule has 2 aromatic rings. The standard InChI is InChI=1S/C46H72Si.2CH3.2ClH.Zr/c1-12-47(13-2,43-31(5)28-41-36(16-14-18-38(41)43)32-20-24-34(25-21-32)45(6,7)8)44-39-19-15-17-37(42(39)29-40(44)30(3)4)33-22-26-35(27-23-33)46(9,10)11;;;;;/h20-27,30-31,36-44H,12-19,28-29H2,1-11H3;2*1H3;2*1H;/q;2*-1;;;+4/p-2. The SMILES string of the molecule is CC[Si](CC)(C1C(C)CC2C(c3ccc(C(C)(C)C)cc3)CCCC21)C1C(C(C)C)CC2C(c3ccc(C(C)(C)C)cc3)CCCC21.[CH3-].[CH3-].[Cl][Zr+2][Cl]. The van der Waals surface area contributed by atoms with Gasteiger partial charge in [-0.3, -0.25) is 0 Å². The van der Waals surface area contributed by atoms with Crippen molar-refractivity contribution >= 4 is 25.1 Å². The zero-order chi connectivity index (χ0) is 36.6. The Morgan fingerprint density at radius 2 is 1.02 bits per heavy atom. The van der Waals surface area contributed by atoms with Crippen molar-refractivity contribution < 1.29 is 20.8 Å². The van der Waals surface area contributed by atoms with E-state index in [0.29, 0.717) is 0 Å². The molecular weight excluding hydrogens is 767 g/mol. The van der Waals surface area contributed by atoms with Crippen molar-refractivity contribution in [1.82, 2.24) is 0 Å². The fourth-order valence-corrected chi connectivity index (χ4v) is 21.2. The molecule has 2 aromatic carbocycles. The van der Waals surface area contributed by atoms with Gasteiger partial charge in [0.05, 0.1) is 8.07 Å². The molecule has 0 spiro atoms. The van der Waals surface area contributed by atoms with E-state index in [0.717, 1.165) is 64.3 Å². The normalized spacial score (nSPS) is 31.7. The Morgan fingerprint density at radius 1 is 0.635 bits per heavy atom. The molecule has 10 atom stereocenters. The van der Waals surface area contributed by atoms with Gasteiger partial charge in [0.2, 0.25) is 0 Å². The summed E-state index contributed by atoms with van der Waals surface area (Å²) in [4.78, 5) is 0. The molecule has 4 saturated carbocycles. The van der Waals surface area contributed by atoms with Gasteiger partial charge in [-0.05, 0) is 123 Å². The van der Waals surface area contributed by atoms with E-state index in [-0.39, 0.29) is 25.7 Å². The van der Waals surface area contributed by atoms with Gasteiger partial charge in [0.1, 0.15) is 0 Å². The van der Waals surface area contributed by atoms with Crippen molar-refractivity contribution in [3.63, 3.8) is 0 Å². The Balaban J connectivity index is 0.00000141. The molecular formula is C48H78Cl2SiZr. The summed E-state index contributed by atoms with van der Waals surface area (Å²) in [6.45, 7) is 27.5. The number of hydrogen-bond acceptors (Lipinski definition) is 0. The molecule has 0 heterocycles. The molecule has 0 radical (unpaired) electrons. The van der Waals surface area contributed by atoms with Crippen LogP contribution in [0.1, 0.15) is 162 Å². The van der Waals surface area contributed by atoms with E-state index in [1.54, 1.807) is 11.1 Å². The van der Waals surface area contributed by atoms with Crippen molar-refractivity contribution in [2.45, 2.75) is 173 Å². The van der Waals surface area contributed by atoms with E-state index < -0.39 is 28.9 Å². The first-order valence-electron chi connectivity index (χ1n) is 20.8. The van der Waals surface area contributed by atoms with Crippen LogP contribution < -0.4 is 0 Å². The number of hydrogen-bond donors (Lipinski definition) is 0. The fourth-order valence-electron chi connectivity index (χ4n) is 13.2. The summed E-state index contributed by atoms with van der Waals surface area (Å²) in [5.74, 6) is 7.95. The van der Waals surface area contributed by atoms with E-state index in [9.17, 15) is 0 Å². The maximum absolute atomic E-state index is 4.93. The zero-order valence-electron chi connectivity index (χ0n) is 35.8. The Hall–Kier alpha value is 0.120. The molecule has 4 heteroatoms. The first-order chi connectivity index (χ1) is 23.6. The Morgan fingerprint density at radius 3 is 1.38 bits per heavy atom. The third-order valence-electron chi connectivity index (χ3n) is 15.3. The molecule has 0 amide bonds. The summed E-state index contributed by atoms with van der Waals surface area (Å²) in [5, 5.41) is 0. The second kappa shape index (κ2) is 19.0. The van der Waals surface area contributed by atoms with Crippen molar-refractivity contribution in [2.24, 2.45) is 41.4 Å².